The fourth-order valence-corrected chi connectivity index (χ4v) is 3.77. The molecule has 30 heavy (non-hydrogen) atoms. The summed E-state index contributed by atoms with van der Waals surface area (Å²) < 4.78 is 46.1. The summed E-state index contributed by atoms with van der Waals surface area (Å²) >= 11 is 0. The fourth-order valence-electron chi connectivity index (χ4n) is 3.77. The molecule has 3 rings (SSSR count). The number of hydrogen-bond donors (Lipinski definition) is 0. The van der Waals surface area contributed by atoms with E-state index >= 15 is 0 Å². The third kappa shape index (κ3) is 4.96. The number of aromatic nitrogens is 2. The van der Waals surface area contributed by atoms with Crippen LogP contribution in [-0.4, -0.2) is 32.7 Å². The van der Waals surface area contributed by atoms with E-state index in [1.807, 2.05) is 27.7 Å². The Morgan fingerprint density at radius 2 is 1.83 bits per heavy atom. The van der Waals surface area contributed by atoms with Crippen molar-refractivity contribution in [3.05, 3.63) is 53.1 Å². The van der Waals surface area contributed by atoms with E-state index in [1.165, 1.54) is 12.1 Å². The Hall–Kier alpha value is -2.51. The van der Waals surface area contributed by atoms with Gasteiger partial charge >= 0.3 is 12.3 Å². The second-order valence-electron chi connectivity index (χ2n) is 8.53. The molecule has 1 amide bonds. The van der Waals surface area contributed by atoms with E-state index < -0.39 is 17.3 Å². The summed E-state index contributed by atoms with van der Waals surface area (Å²) in [6, 6.07) is 4.95. The van der Waals surface area contributed by atoms with Gasteiger partial charge in [0.15, 0.2) is 0 Å². The highest BCUT2D eigenvalue weighted by Crippen LogP contribution is 2.33. The Labute approximate surface area is 174 Å². The van der Waals surface area contributed by atoms with E-state index in [2.05, 4.69) is 9.55 Å². The molecule has 164 valence electrons. The fraction of sp³-hybridized carbons (Fsp3) is 0.545. The molecule has 0 spiro atoms. The monoisotopic (exact) mass is 423 g/mol. The topological polar surface area (TPSA) is 47.4 Å². The zero-order chi connectivity index (χ0) is 22.1. The molecule has 1 aliphatic rings. The summed E-state index contributed by atoms with van der Waals surface area (Å²) in [4.78, 5) is 19.0. The zero-order valence-corrected chi connectivity index (χ0v) is 17.8. The predicted molar refractivity (Wildman–Crippen MR) is 107 cm³/mol. The van der Waals surface area contributed by atoms with Crippen molar-refractivity contribution in [2.24, 2.45) is 0 Å². The third-order valence-electron chi connectivity index (χ3n) is 5.18. The number of imidazole rings is 1. The van der Waals surface area contributed by atoms with Crippen molar-refractivity contribution in [2.45, 2.75) is 71.3 Å². The van der Waals surface area contributed by atoms with Crippen LogP contribution in [0.5, 0.6) is 0 Å². The SMILES string of the molecule is CCc1ncc2n1CCN(C(=O)OC(C)(C)C)C2CCc1ccc(C(F)(F)F)cc1. The molecule has 0 N–H and O–H groups in total. The molecule has 1 aliphatic heterocycles. The lowest BCUT2D eigenvalue weighted by atomic mass is 9.99. The van der Waals surface area contributed by atoms with Crippen LogP contribution in [0.3, 0.4) is 0 Å². The molecule has 1 aromatic carbocycles. The van der Waals surface area contributed by atoms with Crippen LogP contribution in [-0.2, 0) is 30.3 Å². The molecular weight excluding hydrogens is 395 g/mol. The van der Waals surface area contributed by atoms with E-state index in [0.29, 0.717) is 25.9 Å². The number of fused-ring (bicyclic) bond motifs is 1. The molecule has 5 nitrogen and oxygen atoms in total. The molecule has 8 heteroatoms. The normalized spacial score (nSPS) is 17.0. The second-order valence-corrected chi connectivity index (χ2v) is 8.53. The van der Waals surface area contributed by atoms with Crippen molar-refractivity contribution in [3.63, 3.8) is 0 Å². The van der Waals surface area contributed by atoms with E-state index in [-0.39, 0.29) is 12.1 Å². The van der Waals surface area contributed by atoms with Crippen molar-refractivity contribution in [1.29, 1.82) is 0 Å². The maximum absolute atomic E-state index is 12.8. The summed E-state index contributed by atoms with van der Waals surface area (Å²) in [7, 11) is 0. The van der Waals surface area contributed by atoms with Crippen molar-refractivity contribution >= 4 is 6.09 Å². The van der Waals surface area contributed by atoms with Gasteiger partial charge in [0.2, 0.25) is 0 Å². The largest absolute Gasteiger partial charge is 0.444 e. The van der Waals surface area contributed by atoms with Gasteiger partial charge in [-0.2, -0.15) is 13.2 Å². The van der Waals surface area contributed by atoms with Gasteiger partial charge in [-0.1, -0.05) is 19.1 Å². The Morgan fingerprint density at radius 1 is 1.17 bits per heavy atom. The van der Waals surface area contributed by atoms with Gasteiger partial charge in [0.05, 0.1) is 23.5 Å². The van der Waals surface area contributed by atoms with Gasteiger partial charge in [-0.05, 0) is 51.3 Å². The van der Waals surface area contributed by atoms with Crippen LogP contribution in [0, 0.1) is 0 Å². The number of alkyl halides is 3. The molecule has 2 heterocycles. The quantitative estimate of drug-likeness (QED) is 0.663. The van der Waals surface area contributed by atoms with Gasteiger partial charge in [-0.3, -0.25) is 4.90 Å². The maximum atomic E-state index is 12.8. The van der Waals surface area contributed by atoms with E-state index in [0.717, 1.165) is 35.6 Å². The van der Waals surface area contributed by atoms with E-state index in [9.17, 15) is 18.0 Å². The summed E-state index contributed by atoms with van der Waals surface area (Å²) in [6.07, 6.45) is -1.04. The highest BCUT2D eigenvalue weighted by molar-refractivity contribution is 5.69. The number of rotatable bonds is 4. The summed E-state index contributed by atoms with van der Waals surface area (Å²) in [5.74, 6) is 0.966. The third-order valence-corrected chi connectivity index (χ3v) is 5.18. The molecule has 2 aromatic rings. The van der Waals surface area contributed by atoms with Crippen LogP contribution in [0.25, 0.3) is 0 Å². The van der Waals surface area contributed by atoms with Gasteiger partial charge in [0.25, 0.3) is 0 Å². The minimum Gasteiger partial charge on any atom is -0.444 e. The van der Waals surface area contributed by atoms with Crippen LogP contribution < -0.4 is 0 Å². The number of hydrogen-bond acceptors (Lipinski definition) is 3. The first-order valence-electron chi connectivity index (χ1n) is 10.2. The number of halogens is 3. The second kappa shape index (κ2) is 8.32. The summed E-state index contributed by atoms with van der Waals surface area (Å²) in [6.45, 7) is 8.66. The lowest BCUT2D eigenvalue weighted by Crippen LogP contribution is -2.44. The molecular formula is C22H28F3N3O2. The van der Waals surface area contributed by atoms with Crippen molar-refractivity contribution in [2.75, 3.05) is 6.54 Å². The summed E-state index contributed by atoms with van der Waals surface area (Å²) in [5, 5.41) is 0. The average molecular weight is 423 g/mol. The van der Waals surface area contributed by atoms with Crippen LogP contribution in [0.2, 0.25) is 0 Å². The van der Waals surface area contributed by atoms with Gasteiger partial charge in [0.1, 0.15) is 11.4 Å². The smallest absolute Gasteiger partial charge is 0.416 e. The van der Waals surface area contributed by atoms with E-state index in [1.54, 1.807) is 11.1 Å². The molecule has 1 atom stereocenters. The minimum absolute atomic E-state index is 0.247. The first kappa shape index (κ1) is 22.2. The number of nitrogens with zero attached hydrogens (tertiary/aromatic N) is 3. The first-order chi connectivity index (χ1) is 14.0. The lowest BCUT2D eigenvalue weighted by molar-refractivity contribution is -0.137. The van der Waals surface area contributed by atoms with Crippen molar-refractivity contribution < 1.29 is 22.7 Å². The molecule has 0 fully saturated rings. The number of ether oxygens (including phenoxy) is 1. The Balaban J connectivity index is 1.81. The molecule has 1 aromatic heterocycles. The number of carbonyl (C=O) groups is 1. The number of amides is 1. The molecule has 0 saturated carbocycles. The van der Waals surface area contributed by atoms with E-state index in [4.69, 9.17) is 4.74 Å². The van der Waals surface area contributed by atoms with Gasteiger partial charge < -0.3 is 9.30 Å². The van der Waals surface area contributed by atoms with Crippen LogP contribution in [0.4, 0.5) is 18.0 Å². The standard InChI is InChI=1S/C22H28F3N3O2/c1-5-19-26-14-18-17(11-8-15-6-9-16(10-7-15)22(23,24)25)28(13-12-27(18)19)20(29)30-21(2,3)4/h6-7,9-10,14,17H,5,8,11-13H2,1-4H3. The first-order valence-corrected chi connectivity index (χ1v) is 10.2. The number of carbonyl (C=O) groups excluding carboxylic acids is 1. The van der Waals surface area contributed by atoms with Gasteiger partial charge in [-0.15, -0.1) is 0 Å². The van der Waals surface area contributed by atoms with Crippen molar-refractivity contribution in [1.82, 2.24) is 14.5 Å². The zero-order valence-electron chi connectivity index (χ0n) is 17.8. The number of aryl methyl sites for hydroxylation is 2. The van der Waals surface area contributed by atoms with Crippen LogP contribution in [0.15, 0.2) is 30.5 Å². The predicted octanol–water partition coefficient (Wildman–Crippen LogP) is 5.39. The van der Waals surface area contributed by atoms with Crippen LogP contribution >= 0.6 is 0 Å². The number of benzene rings is 1. The molecule has 0 aliphatic carbocycles. The Kier molecular flexibility index (Phi) is 6.15. The van der Waals surface area contributed by atoms with Gasteiger partial charge in [0, 0.05) is 19.5 Å². The van der Waals surface area contributed by atoms with Gasteiger partial charge in [-0.25, -0.2) is 9.78 Å². The summed E-state index contributed by atoms with van der Waals surface area (Å²) in [5.41, 5.74) is 0.460. The van der Waals surface area contributed by atoms with Crippen molar-refractivity contribution in [3.8, 4) is 0 Å². The molecule has 0 bridgehead atoms. The average Bonchev–Trinajstić information content (AvgIpc) is 3.07. The van der Waals surface area contributed by atoms with Crippen LogP contribution in [0.1, 0.15) is 62.8 Å². The lowest BCUT2D eigenvalue weighted by Gasteiger charge is -2.38. The molecule has 1 unspecified atom stereocenters. The maximum Gasteiger partial charge on any atom is 0.416 e. The highest BCUT2D eigenvalue weighted by Gasteiger charge is 2.35. The minimum atomic E-state index is -4.35. The molecule has 0 radical (unpaired) electrons. The Morgan fingerprint density at radius 3 is 2.40 bits per heavy atom. The highest BCUT2D eigenvalue weighted by atomic mass is 19.4. The molecule has 0 saturated heterocycles. The Bertz CT molecular complexity index is 883.